The average molecular weight is 347 g/mol. The van der Waals surface area contributed by atoms with Crippen molar-refractivity contribution in [2.75, 3.05) is 6.61 Å². The van der Waals surface area contributed by atoms with Gasteiger partial charge in [-0.3, -0.25) is 4.79 Å². The van der Waals surface area contributed by atoms with E-state index in [1.165, 1.54) is 6.07 Å². The number of nitrogens with zero attached hydrogens (tertiary/aromatic N) is 2. The Kier molecular flexibility index (Phi) is 5.68. The molecule has 2 aromatic rings. The summed E-state index contributed by atoms with van der Waals surface area (Å²) in [6.07, 6.45) is 8.07. The van der Waals surface area contributed by atoms with Crippen LogP contribution >= 0.6 is 0 Å². The van der Waals surface area contributed by atoms with Gasteiger partial charge in [0.15, 0.2) is 5.65 Å². The number of hydrogen-bond donors (Lipinski definition) is 1. The Labute approximate surface area is 147 Å². The summed E-state index contributed by atoms with van der Waals surface area (Å²) in [5.41, 5.74) is 1.50. The molecule has 6 heteroatoms. The van der Waals surface area contributed by atoms with Crippen molar-refractivity contribution in [2.45, 2.75) is 64.5 Å². The zero-order valence-electron chi connectivity index (χ0n) is 14.9. The van der Waals surface area contributed by atoms with Crippen LogP contribution in [0.25, 0.3) is 5.65 Å². The van der Waals surface area contributed by atoms with Gasteiger partial charge in [0.05, 0.1) is 11.7 Å². The number of carbonyl (C=O) groups excluding carboxylic acids is 1. The van der Waals surface area contributed by atoms with Gasteiger partial charge >= 0.3 is 0 Å². The average Bonchev–Trinajstić information content (AvgIpc) is 3.01. The van der Waals surface area contributed by atoms with E-state index in [4.69, 9.17) is 4.74 Å². The third-order valence-electron chi connectivity index (χ3n) is 4.89. The summed E-state index contributed by atoms with van der Waals surface area (Å²) in [5, 5.41) is 3.07. The maximum Gasteiger partial charge on any atom is 0.255 e. The minimum absolute atomic E-state index is 0.142. The van der Waals surface area contributed by atoms with Crippen molar-refractivity contribution < 1.29 is 13.9 Å². The summed E-state index contributed by atoms with van der Waals surface area (Å²) >= 11 is 0. The number of carbonyl (C=O) groups is 1. The van der Waals surface area contributed by atoms with Crippen molar-refractivity contribution in [3.05, 3.63) is 35.5 Å². The number of halogens is 1. The predicted octanol–water partition coefficient (Wildman–Crippen LogP) is 3.64. The van der Waals surface area contributed by atoms with E-state index >= 15 is 0 Å². The summed E-state index contributed by atoms with van der Waals surface area (Å²) in [4.78, 5) is 16.5. The smallest absolute Gasteiger partial charge is 0.255 e. The largest absolute Gasteiger partial charge is 0.378 e. The lowest BCUT2D eigenvalue weighted by Gasteiger charge is -2.29. The molecular weight excluding hydrogens is 321 g/mol. The minimum Gasteiger partial charge on any atom is -0.378 e. The summed E-state index contributed by atoms with van der Waals surface area (Å²) in [6, 6.07) is 3.20. The topological polar surface area (TPSA) is 55.6 Å². The van der Waals surface area contributed by atoms with Crippen LogP contribution < -0.4 is 5.32 Å². The highest BCUT2D eigenvalue weighted by Gasteiger charge is 2.24. The molecule has 1 fully saturated rings. The molecule has 0 bridgehead atoms. The van der Waals surface area contributed by atoms with E-state index in [1.807, 2.05) is 0 Å². The number of aryl methyl sites for hydroxylation is 1. The summed E-state index contributed by atoms with van der Waals surface area (Å²) < 4.78 is 21.2. The van der Waals surface area contributed by atoms with Gasteiger partial charge in [-0.05, 0) is 45.1 Å². The molecule has 0 unspecified atom stereocenters. The molecule has 5 nitrogen and oxygen atoms in total. The molecule has 1 aliphatic carbocycles. The molecule has 0 saturated heterocycles. The summed E-state index contributed by atoms with van der Waals surface area (Å²) in [6.45, 7) is 4.77. The van der Waals surface area contributed by atoms with E-state index in [0.717, 1.165) is 45.1 Å². The SMILES string of the molecule is CCCCOC1CCC(NC(=O)c2ccn3c(C)cc(F)nc23)CC1. The van der Waals surface area contributed by atoms with Crippen LogP contribution in [0, 0.1) is 12.9 Å². The van der Waals surface area contributed by atoms with Gasteiger partial charge in [-0.15, -0.1) is 0 Å². The van der Waals surface area contributed by atoms with E-state index in [1.54, 1.807) is 23.6 Å². The fraction of sp³-hybridized carbons (Fsp3) is 0.579. The molecule has 136 valence electrons. The van der Waals surface area contributed by atoms with Crippen molar-refractivity contribution in [1.29, 1.82) is 0 Å². The number of amides is 1. The number of unbranched alkanes of at least 4 members (excludes halogenated alkanes) is 1. The first-order valence-electron chi connectivity index (χ1n) is 9.15. The van der Waals surface area contributed by atoms with Crippen molar-refractivity contribution in [3.63, 3.8) is 0 Å². The minimum atomic E-state index is -0.567. The van der Waals surface area contributed by atoms with Crippen LogP contribution in [0.15, 0.2) is 18.3 Å². The van der Waals surface area contributed by atoms with Crippen molar-refractivity contribution in [2.24, 2.45) is 0 Å². The second-order valence-corrected chi connectivity index (χ2v) is 6.81. The van der Waals surface area contributed by atoms with Gasteiger partial charge in [0.1, 0.15) is 0 Å². The van der Waals surface area contributed by atoms with E-state index in [9.17, 15) is 9.18 Å². The molecule has 1 aliphatic rings. The summed E-state index contributed by atoms with van der Waals surface area (Å²) in [7, 11) is 0. The van der Waals surface area contributed by atoms with Crippen LogP contribution in [0.1, 0.15) is 61.5 Å². The molecular formula is C19H26FN3O2. The van der Waals surface area contributed by atoms with E-state index in [0.29, 0.717) is 23.0 Å². The highest BCUT2D eigenvalue weighted by atomic mass is 19.1. The van der Waals surface area contributed by atoms with Gasteiger partial charge in [-0.25, -0.2) is 4.98 Å². The number of ether oxygens (including phenoxy) is 1. The van der Waals surface area contributed by atoms with Crippen LogP contribution in [-0.2, 0) is 4.74 Å². The lowest BCUT2D eigenvalue weighted by atomic mass is 9.92. The maximum atomic E-state index is 13.6. The fourth-order valence-corrected chi connectivity index (χ4v) is 3.41. The first kappa shape index (κ1) is 17.9. The molecule has 0 aromatic carbocycles. The third-order valence-corrected chi connectivity index (χ3v) is 4.89. The number of aromatic nitrogens is 2. The Morgan fingerprint density at radius 3 is 2.88 bits per heavy atom. The molecule has 3 rings (SSSR count). The van der Waals surface area contributed by atoms with Crippen LogP contribution in [0.4, 0.5) is 4.39 Å². The van der Waals surface area contributed by atoms with Gasteiger partial charge in [-0.1, -0.05) is 13.3 Å². The molecule has 1 amide bonds. The Bertz CT molecular complexity index is 736. The normalized spacial score (nSPS) is 20.8. The van der Waals surface area contributed by atoms with Crippen molar-refractivity contribution >= 4 is 11.6 Å². The zero-order valence-corrected chi connectivity index (χ0v) is 14.9. The van der Waals surface area contributed by atoms with Crippen molar-refractivity contribution in [1.82, 2.24) is 14.7 Å². The van der Waals surface area contributed by atoms with Gasteiger partial charge in [-0.2, -0.15) is 4.39 Å². The highest BCUT2D eigenvalue weighted by Crippen LogP contribution is 2.22. The maximum absolute atomic E-state index is 13.6. The quantitative estimate of drug-likeness (QED) is 0.641. The second kappa shape index (κ2) is 7.95. The van der Waals surface area contributed by atoms with Gasteiger partial charge in [0.2, 0.25) is 5.95 Å². The number of nitrogens with one attached hydrogen (secondary N) is 1. The van der Waals surface area contributed by atoms with E-state index < -0.39 is 5.95 Å². The molecule has 0 radical (unpaired) electrons. The van der Waals surface area contributed by atoms with Gasteiger partial charge in [0, 0.05) is 30.6 Å². The first-order chi connectivity index (χ1) is 12.1. The first-order valence-corrected chi connectivity index (χ1v) is 9.15. The number of hydrogen-bond acceptors (Lipinski definition) is 3. The second-order valence-electron chi connectivity index (χ2n) is 6.81. The lowest BCUT2D eigenvalue weighted by Crippen LogP contribution is -2.39. The number of fused-ring (bicyclic) bond motifs is 1. The van der Waals surface area contributed by atoms with Crippen LogP contribution in [0.3, 0.4) is 0 Å². The van der Waals surface area contributed by atoms with E-state index in [-0.39, 0.29) is 11.9 Å². The molecule has 2 aromatic heterocycles. The Balaban J connectivity index is 1.59. The predicted molar refractivity (Wildman–Crippen MR) is 94.3 cm³/mol. The highest BCUT2D eigenvalue weighted by molar-refractivity contribution is 6.00. The van der Waals surface area contributed by atoms with Gasteiger partial charge < -0.3 is 14.5 Å². The van der Waals surface area contributed by atoms with E-state index in [2.05, 4.69) is 17.2 Å². The lowest BCUT2D eigenvalue weighted by molar-refractivity contribution is 0.0209. The Hall–Kier alpha value is -1.95. The fourth-order valence-electron chi connectivity index (χ4n) is 3.41. The molecule has 1 N–H and O–H groups in total. The zero-order chi connectivity index (χ0) is 17.8. The Morgan fingerprint density at radius 2 is 2.16 bits per heavy atom. The monoisotopic (exact) mass is 347 g/mol. The van der Waals surface area contributed by atoms with Gasteiger partial charge in [0.25, 0.3) is 5.91 Å². The molecule has 2 heterocycles. The molecule has 1 saturated carbocycles. The molecule has 25 heavy (non-hydrogen) atoms. The number of rotatable bonds is 6. The van der Waals surface area contributed by atoms with Crippen LogP contribution in [-0.4, -0.2) is 34.0 Å². The summed E-state index contributed by atoms with van der Waals surface area (Å²) in [5.74, 6) is -0.752. The van der Waals surface area contributed by atoms with Crippen LogP contribution in [0.5, 0.6) is 0 Å². The van der Waals surface area contributed by atoms with Crippen LogP contribution in [0.2, 0.25) is 0 Å². The third kappa shape index (κ3) is 4.18. The Morgan fingerprint density at radius 1 is 1.40 bits per heavy atom. The van der Waals surface area contributed by atoms with Crippen molar-refractivity contribution in [3.8, 4) is 0 Å². The molecule has 0 aliphatic heterocycles. The standard InChI is InChI=1S/C19H26FN3O2/c1-3-4-11-25-15-7-5-14(6-8-15)21-19(24)16-9-10-23-13(2)12-17(20)22-18(16)23/h9-10,12,14-15H,3-8,11H2,1-2H3,(H,21,24). The molecule has 0 spiro atoms. The molecule has 0 atom stereocenters.